The predicted octanol–water partition coefficient (Wildman–Crippen LogP) is 6.08. The van der Waals surface area contributed by atoms with Gasteiger partial charge in [-0.2, -0.15) is 0 Å². The van der Waals surface area contributed by atoms with Gasteiger partial charge in [0, 0.05) is 21.4 Å². The van der Waals surface area contributed by atoms with Crippen LogP contribution in [0.1, 0.15) is 12.5 Å². The molecule has 0 spiro atoms. The Bertz CT molecular complexity index is 1480. The number of hydrogen-bond acceptors (Lipinski definition) is 7. The molecule has 2 N–H and O–H groups in total. The molecule has 1 aliphatic heterocycles. The highest BCUT2D eigenvalue weighted by atomic mass is 35.5. The van der Waals surface area contributed by atoms with Crippen molar-refractivity contribution >= 4 is 75.4 Å². The van der Waals surface area contributed by atoms with Crippen LogP contribution in [0.5, 0.6) is 11.5 Å². The van der Waals surface area contributed by atoms with E-state index in [2.05, 4.69) is 10.6 Å². The number of hydrogen-bond donors (Lipinski definition) is 2. The van der Waals surface area contributed by atoms with E-state index in [0.29, 0.717) is 45.1 Å². The minimum atomic E-state index is -0.586. The molecule has 0 radical (unpaired) electrons. The number of halogens is 2. The van der Waals surface area contributed by atoms with Crippen LogP contribution in [0.3, 0.4) is 0 Å². The molecule has 4 rings (SSSR count). The van der Waals surface area contributed by atoms with Crippen LogP contribution in [0, 0.1) is 0 Å². The molecule has 3 aromatic rings. The molecule has 0 atom stereocenters. The molecule has 3 aromatic carbocycles. The van der Waals surface area contributed by atoms with Crippen LogP contribution < -0.4 is 20.1 Å². The highest BCUT2D eigenvalue weighted by Crippen LogP contribution is 2.34. The average Bonchev–Trinajstić information content (AvgIpc) is 3.17. The first-order chi connectivity index (χ1) is 19.2. The minimum Gasteiger partial charge on any atom is -0.490 e. The molecule has 0 saturated carbocycles. The largest absolute Gasteiger partial charge is 0.490 e. The lowest BCUT2D eigenvalue weighted by molar-refractivity contribution is -0.127. The van der Waals surface area contributed by atoms with Gasteiger partial charge in [0.05, 0.1) is 11.5 Å². The summed E-state index contributed by atoms with van der Waals surface area (Å²) in [5, 5.41) is 5.77. The molecule has 9 nitrogen and oxygen atoms in total. The maximum atomic E-state index is 12.9. The number of ether oxygens (including phenoxy) is 2. The molecule has 0 aliphatic carbocycles. The third-order valence-corrected chi connectivity index (χ3v) is 6.73. The lowest BCUT2D eigenvalue weighted by atomic mass is 10.2. The van der Waals surface area contributed by atoms with Crippen molar-refractivity contribution in [2.45, 2.75) is 6.92 Å². The normalized spacial score (nSPS) is 13.9. The molecule has 1 saturated heterocycles. The van der Waals surface area contributed by atoms with Gasteiger partial charge in [-0.3, -0.25) is 24.1 Å². The summed E-state index contributed by atoms with van der Waals surface area (Å²) in [6.45, 7) is 1.41. The molecule has 1 heterocycles. The summed E-state index contributed by atoms with van der Waals surface area (Å²) in [7, 11) is 0. The van der Waals surface area contributed by atoms with Gasteiger partial charge < -0.3 is 20.1 Å². The molecule has 1 fully saturated rings. The van der Waals surface area contributed by atoms with Crippen LogP contribution in [0.25, 0.3) is 6.08 Å². The van der Waals surface area contributed by atoms with Gasteiger partial charge in [-0.15, -0.1) is 0 Å². The van der Waals surface area contributed by atoms with Crippen LogP contribution >= 0.6 is 35.0 Å². The fourth-order valence-corrected chi connectivity index (χ4v) is 4.73. The lowest BCUT2D eigenvalue weighted by Crippen LogP contribution is -2.36. The van der Waals surface area contributed by atoms with Gasteiger partial charge in [0.25, 0.3) is 17.1 Å². The summed E-state index contributed by atoms with van der Waals surface area (Å²) >= 11 is 12.5. The van der Waals surface area contributed by atoms with Crippen molar-refractivity contribution in [2.24, 2.45) is 0 Å². The Morgan fingerprint density at radius 2 is 1.62 bits per heavy atom. The van der Waals surface area contributed by atoms with Gasteiger partial charge in [0.1, 0.15) is 6.54 Å². The third-order valence-electron chi connectivity index (χ3n) is 5.34. The number of amides is 4. The van der Waals surface area contributed by atoms with Crippen molar-refractivity contribution < 1.29 is 28.7 Å². The van der Waals surface area contributed by atoms with Crippen molar-refractivity contribution in [1.29, 1.82) is 0 Å². The van der Waals surface area contributed by atoms with Crippen molar-refractivity contribution in [1.82, 2.24) is 4.90 Å². The molecule has 40 heavy (non-hydrogen) atoms. The van der Waals surface area contributed by atoms with Crippen molar-refractivity contribution in [2.75, 3.05) is 30.4 Å². The molecule has 0 aromatic heterocycles. The predicted molar refractivity (Wildman–Crippen MR) is 156 cm³/mol. The Labute approximate surface area is 244 Å². The second-order valence-electron chi connectivity index (χ2n) is 8.31. The number of anilines is 2. The Kier molecular flexibility index (Phi) is 9.70. The summed E-state index contributed by atoms with van der Waals surface area (Å²) in [4.78, 5) is 51.1. The van der Waals surface area contributed by atoms with Gasteiger partial charge in [-0.1, -0.05) is 35.3 Å². The van der Waals surface area contributed by atoms with E-state index in [-0.39, 0.29) is 17.4 Å². The Hall–Kier alpha value is -3.99. The van der Waals surface area contributed by atoms with E-state index < -0.39 is 23.6 Å². The SMILES string of the molecule is CCOc1cc(/C=C2/SC(=O)N(CC(=O)Nc3ccc(Cl)cc3)C2=O)ccc1OCC(=O)Nc1cccc(Cl)c1. The number of carbonyl (C=O) groups excluding carboxylic acids is 4. The fraction of sp³-hybridized carbons (Fsp3) is 0.143. The molecular weight excluding hydrogens is 577 g/mol. The van der Waals surface area contributed by atoms with E-state index in [9.17, 15) is 19.2 Å². The van der Waals surface area contributed by atoms with Crippen LogP contribution in [0.15, 0.2) is 71.6 Å². The average molecular weight is 600 g/mol. The molecule has 206 valence electrons. The molecule has 0 unspecified atom stereocenters. The Balaban J connectivity index is 1.40. The van der Waals surface area contributed by atoms with E-state index >= 15 is 0 Å². The van der Waals surface area contributed by atoms with E-state index in [1.165, 1.54) is 6.08 Å². The zero-order valence-electron chi connectivity index (χ0n) is 21.1. The number of rotatable bonds is 10. The second kappa shape index (κ2) is 13.4. The van der Waals surface area contributed by atoms with Crippen molar-refractivity contribution in [3.8, 4) is 11.5 Å². The van der Waals surface area contributed by atoms with Crippen LogP contribution in [0.4, 0.5) is 16.2 Å². The van der Waals surface area contributed by atoms with Crippen LogP contribution in [0.2, 0.25) is 10.0 Å². The number of nitrogens with one attached hydrogen (secondary N) is 2. The first-order valence-electron chi connectivity index (χ1n) is 12.0. The third kappa shape index (κ3) is 7.78. The van der Waals surface area contributed by atoms with E-state index in [1.54, 1.807) is 73.7 Å². The lowest BCUT2D eigenvalue weighted by Gasteiger charge is -2.13. The smallest absolute Gasteiger partial charge is 0.294 e. The number of imide groups is 1. The fourth-order valence-electron chi connectivity index (χ4n) is 3.57. The number of carbonyl (C=O) groups is 4. The van der Waals surface area contributed by atoms with E-state index in [0.717, 1.165) is 16.7 Å². The van der Waals surface area contributed by atoms with Gasteiger partial charge in [-0.05, 0) is 84.9 Å². The molecule has 4 amide bonds. The zero-order valence-corrected chi connectivity index (χ0v) is 23.4. The number of thioether (sulfide) groups is 1. The van der Waals surface area contributed by atoms with E-state index in [4.69, 9.17) is 32.7 Å². The maximum absolute atomic E-state index is 12.9. The molecule has 1 aliphatic rings. The molecule has 12 heteroatoms. The minimum absolute atomic E-state index is 0.154. The summed E-state index contributed by atoms with van der Waals surface area (Å²) in [5.41, 5.74) is 1.60. The Morgan fingerprint density at radius 1 is 0.875 bits per heavy atom. The van der Waals surface area contributed by atoms with Gasteiger partial charge in [-0.25, -0.2) is 0 Å². The van der Waals surface area contributed by atoms with Gasteiger partial charge >= 0.3 is 0 Å². The first kappa shape index (κ1) is 29.0. The summed E-state index contributed by atoms with van der Waals surface area (Å²) in [5.74, 6) is -0.814. The van der Waals surface area contributed by atoms with Crippen LogP contribution in [-0.2, 0) is 14.4 Å². The highest BCUT2D eigenvalue weighted by molar-refractivity contribution is 8.18. The zero-order chi connectivity index (χ0) is 28.6. The van der Waals surface area contributed by atoms with Crippen molar-refractivity contribution in [3.05, 3.63) is 87.2 Å². The standard InChI is InChI=1S/C28H23Cl2N3O6S/c1-2-38-23-12-17(6-11-22(23)39-16-26(35)32-21-5-3-4-19(30)14-21)13-24-27(36)33(28(37)40-24)15-25(34)31-20-9-7-18(29)8-10-20/h3-14H,2,15-16H2,1H3,(H,31,34)(H,32,35)/b24-13+. The van der Waals surface area contributed by atoms with Gasteiger partial charge in [0.15, 0.2) is 18.1 Å². The Morgan fingerprint density at radius 3 is 2.35 bits per heavy atom. The quantitative estimate of drug-likeness (QED) is 0.271. The van der Waals surface area contributed by atoms with E-state index in [1.807, 2.05) is 0 Å². The molecular formula is C28H23Cl2N3O6S. The summed E-state index contributed by atoms with van der Waals surface area (Å²) in [6, 6.07) is 18.1. The highest BCUT2D eigenvalue weighted by Gasteiger charge is 2.36. The summed E-state index contributed by atoms with van der Waals surface area (Å²) in [6.07, 6.45) is 1.53. The second-order valence-corrected chi connectivity index (χ2v) is 10.2. The monoisotopic (exact) mass is 599 g/mol. The maximum Gasteiger partial charge on any atom is 0.294 e. The van der Waals surface area contributed by atoms with Crippen LogP contribution in [-0.4, -0.2) is 47.6 Å². The topological polar surface area (TPSA) is 114 Å². The summed E-state index contributed by atoms with van der Waals surface area (Å²) < 4.78 is 11.3. The number of nitrogens with zero attached hydrogens (tertiary/aromatic N) is 1. The molecule has 0 bridgehead atoms. The first-order valence-corrected chi connectivity index (χ1v) is 13.5. The number of benzene rings is 3. The van der Waals surface area contributed by atoms with Gasteiger partial charge in [0.2, 0.25) is 5.91 Å². The van der Waals surface area contributed by atoms with Crippen molar-refractivity contribution in [3.63, 3.8) is 0 Å².